The second-order valence-electron chi connectivity index (χ2n) is 6.59. The molecule has 1 aliphatic rings. The molecule has 4 rings (SSSR count). The second kappa shape index (κ2) is 7.37. The van der Waals surface area contributed by atoms with Gasteiger partial charge in [0.25, 0.3) is 5.91 Å². The lowest BCUT2D eigenvalue weighted by atomic mass is 9.94. The largest absolute Gasteiger partial charge is 0.495 e. The first-order valence-electron chi connectivity index (χ1n) is 8.82. The maximum Gasteiger partial charge on any atom is 0.255 e. The summed E-state index contributed by atoms with van der Waals surface area (Å²) in [4.78, 5) is 17.5. The van der Waals surface area contributed by atoms with Gasteiger partial charge in [-0.2, -0.15) is 0 Å². The summed E-state index contributed by atoms with van der Waals surface area (Å²) >= 11 is 12.6. The van der Waals surface area contributed by atoms with Crippen molar-refractivity contribution in [1.82, 2.24) is 4.98 Å². The van der Waals surface area contributed by atoms with E-state index in [1.54, 1.807) is 37.4 Å². The van der Waals surface area contributed by atoms with Gasteiger partial charge in [-0.25, -0.2) is 0 Å². The Hall–Kier alpha value is -2.30. The zero-order valence-electron chi connectivity index (χ0n) is 14.8. The molecule has 0 fully saturated rings. The SMILES string of the molecule is COc1ccc(Cl)cc1NC(=O)c1ccc2c(Cl)c3c(nc2c1)CCCC3. The van der Waals surface area contributed by atoms with Crippen LogP contribution in [0, 0.1) is 0 Å². The number of anilines is 1. The molecule has 0 atom stereocenters. The summed E-state index contributed by atoms with van der Waals surface area (Å²) in [7, 11) is 1.55. The Balaban J connectivity index is 1.70. The molecule has 0 saturated carbocycles. The molecule has 6 heteroatoms. The summed E-state index contributed by atoms with van der Waals surface area (Å²) in [5.41, 5.74) is 3.96. The molecule has 1 aliphatic carbocycles. The molecule has 27 heavy (non-hydrogen) atoms. The van der Waals surface area contributed by atoms with E-state index in [2.05, 4.69) is 5.32 Å². The number of carbonyl (C=O) groups excluding carboxylic acids is 1. The van der Waals surface area contributed by atoms with Crippen LogP contribution in [0.5, 0.6) is 5.75 Å². The average Bonchev–Trinajstić information content (AvgIpc) is 2.68. The number of ether oxygens (including phenoxy) is 1. The smallest absolute Gasteiger partial charge is 0.255 e. The lowest BCUT2D eigenvalue weighted by Gasteiger charge is -2.18. The highest BCUT2D eigenvalue weighted by atomic mass is 35.5. The van der Waals surface area contributed by atoms with E-state index < -0.39 is 0 Å². The molecule has 0 bridgehead atoms. The number of aryl methyl sites for hydroxylation is 1. The number of methoxy groups -OCH3 is 1. The predicted octanol–water partition coefficient (Wildman–Crippen LogP) is 5.68. The quantitative estimate of drug-likeness (QED) is 0.614. The molecule has 138 valence electrons. The number of fused-ring (bicyclic) bond motifs is 2. The number of amides is 1. The van der Waals surface area contributed by atoms with Crippen LogP contribution < -0.4 is 10.1 Å². The van der Waals surface area contributed by atoms with E-state index in [0.29, 0.717) is 22.0 Å². The molecule has 3 aromatic rings. The van der Waals surface area contributed by atoms with Crippen LogP contribution in [0.15, 0.2) is 36.4 Å². The van der Waals surface area contributed by atoms with Crippen molar-refractivity contribution in [2.24, 2.45) is 0 Å². The number of carbonyl (C=O) groups is 1. The summed E-state index contributed by atoms with van der Waals surface area (Å²) in [5.74, 6) is 0.289. The molecule has 0 aliphatic heterocycles. The van der Waals surface area contributed by atoms with Gasteiger partial charge in [0.05, 0.1) is 23.3 Å². The van der Waals surface area contributed by atoms with E-state index in [0.717, 1.165) is 52.9 Å². The number of hydrogen-bond donors (Lipinski definition) is 1. The molecule has 0 radical (unpaired) electrons. The zero-order valence-corrected chi connectivity index (χ0v) is 16.3. The Labute approximate surface area is 167 Å². The Morgan fingerprint density at radius 2 is 1.93 bits per heavy atom. The van der Waals surface area contributed by atoms with Crippen molar-refractivity contribution in [3.63, 3.8) is 0 Å². The van der Waals surface area contributed by atoms with E-state index in [4.69, 9.17) is 32.9 Å². The van der Waals surface area contributed by atoms with Crippen LogP contribution in [0.2, 0.25) is 10.0 Å². The third kappa shape index (κ3) is 3.47. The first-order chi connectivity index (χ1) is 13.1. The van der Waals surface area contributed by atoms with Crippen LogP contribution in [0.25, 0.3) is 10.9 Å². The van der Waals surface area contributed by atoms with Gasteiger partial charge in [-0.3, -0.25) is 9.78 Å². The number of rotatable bonds is 3. The van der Waals surface area contributed by atoms with Gasteiger partial charge >= 0.3 is 0 Å². The van der Waals surface area contributed by atoms with Gasteiger partial charge in [-0.1, -0.05) is 29.3 Å². The Morgan fingerprint density at radius 1 is 1.11 bits per heavy atom. The summed E-state index contributed by atoms with van der Waals surface area (Å²) in [6.07, 6.45) is 4.16. The monoisotopic (exact) mass is 400 g/mol. The lowest BCUT2D eigenvalue weighted by molar-refractivity contribution is 0.102. The van der Waals surface area contributed by atoms with Crippen molar-refractivity contribution < 1.29 is 9.53 Å². The third-order valence-corrected chi connectivity index (χ3v) is 5.53. The van der Waals surface area contributed by atoms with Crippen LogP contribution in [0.4, 0.5) is 5.69 Å². The molecule has 0 saturated heterocycles. The lowest BCUT2D eigenvalue weighted by Crippen LogP contribution is -2.13. The number of pyridine rings is 1. The fraction of sp³-hybridized carbons (Fsp3) is 0.238. The van der Waals surface area contributed by atoms with E-state index in [9.17, 15) is 4.79 Å². The zero-order chi connectivity index (χ0) is 19.0. The van der Waals surface area contributed by atoms with E-state index in [-0.39, 0.29) is 5.91 Å². The molecule has 1 amide bonds. The van der Waals surface area contributed by atoms with Crippen LogP contribution in [-0.4, -0.2) is 18.0 Å². The minimum Gasteiger partial charge on any atom is -0.495 e. The van der Waals surface area contributed by atoms with Gasteiger partial charge in [0.2, 0.25) is 0 Å². The molecule has 1 aromatic heterocycles. The predicted molar refractivity (Wildman–Crippen MR) is 109 cm³/mol. The standard InChI is InChI=1S/C21H18Cl2N2O2/c1-27-19-9-7-13(22)11-18(19)25-21(26)12-6-8-15-17(10-12)24-16-5-3-2-4-14(16)20(15)23/h6-11H,2-5H2,1H3,(H,25,26). The Bertz CT molecular complexity index is 1050. The van der Waals surface area contributed by atoms with Crippen molar-refractivity contribution in [3.8, 4) is 5.75 Å². The fourth-order valence-electron chi connectivity index (χ4n) is 3.48. The van der Waals surface area contributed by atoms with Gasteiger partial charge in [-0.15, -0.1) is 0 Å². The Morgan fingerprint density at radius 3 is 2.74 bits per heavy atom. The maximum absolute atomic E-state index is 12.7. The van der Waals surface area contributed by atoms with E-state index >= 15 is 0 Å². The second-order valence-corrected chi connectivity index (χ2v) is 7.40. The van der Waals surface area contributed by atoms with Crippen molar-refractivity contribution in [2.45, 2.75) is 25.7 Å². The number of hydrogen-bond acceptors (Lipinski definition) is 3. The number of benzene rings is 2. The van der Waals surface area contributed by atoms with Gasteiger partial charge in [0, 0.05) is 21.7 Å². The summed E-state index contributed by atoms with van der Waals surface area (Å²) < 4.78 is 5.28. The van der Waals surface area contributed by atoms with Gasteiger partial charge < -0.3 is 10.1 Å². The fourth-order valence-corrected chi connectivity index (χ4v) is 4.02. The normalized spacial score (nSPS) is 13.3. The molecule has 4 nitrogen and oxygen atoms in total. The summed E-state index contributed by atoms with van der Waals surface area (Å²) in [6.45, 7) is 0. The molecule has 2 aromatic carbocycles. The number of nitrogens with zero attached hydrogens (tertiary/aromatic N) is 1. The van der Waals surface area contributed by atoms with Crippen molar-refractivity contribution in [1.29, 1.82) is 0 Å². The van der Waals surface area contributed by atoms with Crippen LogP contribution in [-0.2, 0) is 12.8 Å². The number of nitrogens with one attached hydrogen (secondary N) is 1. The van der Waals surface area contributed by atoms with Gasteiger partial charge in [0.15, 0.2) is 0 Å². The molecule has 1 heterocycles. The minimum absolute atomic E-state index is 0.256. The minimum atomic E-state index is -0.256. The average molecular weight is 401 g/mol. The van der Waals surface area contributed by atoms with Crippen molar-refractivity contribution >= 4 is 45.7 Å². The topological polar surface area (TPSA) is 51.2 Å². The molecule has 0 spiro atoms. The first-order valence-corrected chi connectivity index (χ1v) is 9.58. The first kappa shape index (κ1) is 18.1. The van der Waals surface area contributed by atoms with Crippen LogP contribution in [0.1, 0.15) is 34.5 Å². The van der Waals surface area contributed by atoms with Crippen LogP contribution >= 0.6 is 23.2 Å². The highest BCUT2D eigenvalue weighted by Crippen LogP contribution is 2.33. The highest BCUT2D eigenvalue weighted by molar-refractivity contribution is 6.36. The Kier molecular flexibility index (Phi) is 4.94. The molecule has 0 unspecified atom stereocenters. The van der Waals surface area contributed by atoms with Crippen molar-refractivity contribution in [2.75, 3.05) is 12.4 Å². The molecular weight excluding hydrogens is 383 g/mol. The highest BCUT2D eigenvalue weighted by Gasteiger charge is 2.18. The molecule has 1 N–H and O–H groups in total. The van der Waals surface area contributed by atoms with Gasteiger partial charge in [-0.05, 0) is 61.6 Å². The summed E-state index contributed by atoms with van der Waals surface area (Å²) in [6, 6.07) is 10.5. The van der Waals surface area contributed by atoms with E-state index in [1.165, 1.54) is 0 Å². The van der Waals surface area contributed by atoms with E-state index in [1.807, 2.05) is 6.07 Å². The third-order valence-electron chi connectivity index (χ3n) is 4.87. The van der Waals surface area contributed by atoms with Crippen molar-refractivity contribution in [3.05, 3.63) is 63.3 Å². The van der Waals surface area contributed by atoms with Gasteiger partial charge in [0.1, 0.15) is 5.75 Å². The maximum atomic E-state index is 12.7. The summed E-state index contributed by atoms with van der Waals surface area (Å²) in [5, 5.41) is 5.02. The molecular formula is C21H18Cl2N2O2. The number of aromatic nitrogens is 1. The van der Waals surface area contributed by atoms with Crippen LogP contribution in [0.3, 0.4) is 0 Å². The number of halogens is 2.